The normalized spacial score (nSPS) is 15.0. The molecule has 186 valence electrons. The van der Waals surface area contributed by atoms with Crippen LogP contribution in [0.1, 0.15) is 53.0 Å². The number of nitrogens with one attached hydrogen (secondary N) is 1. The van der Waals surface area contributed by atoms with Crippen LogP contribution >= 0.6 is 0 Å². The van der Waals surface area contributed by atoms with Crippen LogP contribution in [0.5, 0.6) is 5.75 Å². The molecule has 9 nitrogen and oxygen atoms in total. The van der Waals surface area contributed by atoms with E-state index in [2.05, 4.69) is 15.5 Å². The molecule has 1 amide bonds. The van der Waals surface area contributed by atoms with Crippen LogP contribution in [0.3, 0.4) is 0 Å². The average Bonchev–Trinajstić information content (AvgIpc) is 3.02. The van der Waals surface area contributed by atoms with Crippen molar-refractivity contribution in [3.05, 3.63) is 58.9 Å². The summed E-state index contributed by atoms with van der Waals surface area (Å²) in [7, 11) is -2.22. The quantitative estimate of drug-likeness (QED) is 0.551. The first-order chi connectivity index (χ1) is 16.7. The Hall–Kier alpha value is -3.24. The number of carbonyl (C=O) groups is 1. The molecule has 0 bridgehead atoms. The largest absolute Gasteiger partial charge is 0.495 e. The first kappa shape index (κ1) is 24.9. The Bertz CT molecular complexity index is 1340. The maximum atomic E-state index is 13.3. The molecule has 4 rings (SSSR count). The maximum absolute atomic E-state index is 13.3. The third-order valence-electron chi connectivity index (χ3n) is 6.19. The molecular formula is C25H31N5O4S. The SMILES string of the molecule is COc1ccc(S(=O)(=O)N2CCCCCC2)cc1NC(=O)c1nn(-c2ccc(C)cc2C)nc1C. The van der Waals surface area contributed by atoms with Crippen LogP contribution in [-0.2, 0) is 10.0 Å². The van der Waals surface area contributed by atoms with Gasteiger partial charge in [-0.05, 0) is 63.4 Å². The first-order valence-electron chi connectivity index (χ1n) is 11.7. The summed E-state index contributed by atoms with van der Waals surface area (Å²) in [4.78, 5) is 14.7. The molecule has 1 aromatic heterocycles. The number of hydrogen-bond donors (Lipinski definition) is 1. The predicted molar refractivity (Wildman–Crippen MR) is 134 cm³/mol. The second-order valence-corrected chi connectivity index (χ2v) is 10.8. The van der Waals surface area contributed by atoms with Gasteiger partial charge >= 0.3 is 0 Å². The maximum Gasteiger partial charge on any atom is 0.278 e. The summed E-state index contributed by atoms with van der Waals surface area (Å²) in [6.07, 6.45) is 3.74. The lowest BCUT2D eigenvalue weighted by molar-refractivity contribution is 0.102. The van der Waals surface area contributed by atoms with Crippen LogP contribution in [-0.4, -0.2) is 53.8 Å². The topological polar surface area (TPSA) is 106 Å². The molecule has 10 heteroatoms. The van der Waals surface area contributed by atoms with Gasteiger partial charge in [0, 0.05) is 13.1 Å². The minimum absolute atomic E-state index is 0.117. The van der Waals surface area contributed by atoms with Crippen molar-refractivity contribution in [2.45, 2.75) is 51.3 Å². The highest BCUT2D eigenvalue weighted by Gasteiger charge is 2.27. The minimum Gasteiger partial charge on any atom is -0.495 e. The van der Waals surface area contributed by atoms with Crippen molar-refractivity contribution in [1.29, 1.82) is 0 Å². The lowest BCUT2D eigenvalue weighted by Crippen LogP contribution is -2.32. The van der Waals surface area contributed by atoms with Gasteiger partial charge in [0.2, 0.25) is 10.0 Å². The third-order valence-corrected chi connectivity index (χ3v) is 8.08. The van der Waals surface area contributed by atoms with Crippen molar-refractivity contribution < 1.29 is 17.9 Å². The second-order valence-electron chi connectivity index (χ2n) is 8.85. The molecule has 0 aliphatic carbocycles. The molecule has 1 aliphatic heterocycles. The van der Waals surface area contributed by atoms with Crippen molar-refractivity contribution in [3.63, 3.8) is 0 Å². The summed E-state index contributed by atoms with van der Waals surface area (Å²) in [6.45, 7) is 6.67. The highest BCUT2D eigenvalue weighted by atomic mass is 32.2. The van der Waals surface area contributed by atoms with Crippen molar-refractivity contribution in [2.75, 3.05) is 25.5 Å². The average molecular weight is 498 g/mol. The molecule has 0 atom stereocenters. The minimum atomic E-state index is -3.69. The summed E-state index contributed by atoms with van der Waals surface area (Å²) in [5.74, 6) is -0.145. The van der Waals surface area contributed by atoms with E-state index in [0.29, 0.717) is 24.5 Å². The van der Waals surface area contributed by atoms with Gasteiger partial charge in [-0.15, -0.1) is 5.10 Å². The number of nitrogens with zero attached hydrogens (tertiary/aromatic N) is 4. The van der Waals surface area contributed by atoms with Crippen molar-refractivity contribution in [1.82, 2.24) is 19.3 Å². The van der Waals surface area contributed by atoms with Gasteiger partial charge < -0.3 is 10.1 Å². The number of aryl methyl sites for hydroxylation is 3. The lowest BCUT2D eigenvalue weighted by Gasteiger charge is -2.21. The van der Waals surface area contributed by atoms with Gasteiger partial charge in [0.25, 0.3) is 5.91 Å². The Morgan fingerprint density at radius 2 is 1.69 bits per heavy atom. The molecule has 1 aliphatic rings. The number of hydrogen-bond acceptors (Lipinski definition) is 6. The van der Waals surface area contributed by atoms with E-state index in [4.69, 9.17) is 4.74 Å². The summed E-state index contributed by atoms with van der Waals surface area (Å²) in [6, 6.07) is 10.4. The van der Waals surface area contributed by atoms with E-state index < -0.39 is 15.9 Å². The Labute approximate surface area is 206 Å². The van der Waals surface area contributed by atoms with Crippen LogP contribution in [0.4, 0.5) is 5.69 Å². The first-order valence-corrected chi connectivity index (χ1v) is 13.2. The van der Waals surface area contributed by atoms with Crippen LogP contribution in [0.15, 0.2) is 41.3 Å². The molecule has 1 N–H and O–H groups in total. The number of rotatable bonds is 6. The smallest absolute Gasteiger partial charge is 0.278 e. The lowest BCUT2D eigenvalue weighted by atomic mass is 10.1. The highest BCUT2D eigenvalue weighted by Crippen LogP contribution is 2.30. The Balaban J connectivity index is 1.62. The zero-order valence-electron chi connectivity index (χ0n) is 20.5. The molecule has 0 spiro atoms. The van der Waals surface area contributed by atoms with Crippen LogP contribution < -0.4 is 10.1 Å². The molecule has 2 heterocycles. The Morgan fingerprint density at radius 1 is 0.971 bits per heavy atom. The zero-order chi connectivity index (χ0) is 25.2. The molecule has 0 saturated carbocycles. The number of sulfonamides is 1. The Morgan fingerprint density at radius 3 is 2.34 bits per heavy atom. The molecule has 1 fully saturated rings. The van der Waals surface area contributed by atoms with Gasteiger partial charge in [0.1, 0.15) is 5.75 Å². The number of methoxy groups -OCH3 is 1. The fourth-order valence-corrected chi connectivity index (χ4v) is 5.83. The van der Waals surface area contributed by atoms with Gasteiger partial charge in [0.05, 0.1) is 29.1 Å². The number of benzene rings is 2. The van der Waals surface area contributed by atoms with Gasteiger partial charge in [-0.2, -0.15) is 14.2 Å². The molecule has 0 unspecified atom stereocenters. The summed E-state index contributed by atoms with van der Waals surface area (Å²) in [5, 5.41) is 11.6. The summed E-state index contributed by atoms with van der Waals surface area (Å²) in [5.41, 5.74) is 3.74. The second kappa shape index (κ2) is 10.2. The van der Waals surface area contributed by atoms with Crippen molar-refractivity contribution in [2.24, 2.45) is 0 Å². The van der Waals surface area contributed by atoms with E-state index in [0.717, 1.165) is 42.5 Å². The van der Waals surface area contributed by atoms with Crippen LogP contribution in [0.25, 0.3) is 5.69 Å². The molecular weight excluding hydrogens is 466 g/mol. The van der Waals surface area contributed by atoms with Gasteiger partial charge in [0.15, 0.2) is 5.69 Å². The van der Waals surface area contributed by atoms with E-state index in [1.165, 1.54) is 28.3 Å². The number of aromatic nitrogens is 3. The van der Waals surface area contributed by atoms with Crippen molar-refractivity contribution >= 4 is 21.6 Å². The van der Waals surface area contributed by atoms with E-state index in [1.807, 2.05) is 32.0 Å². The zero-order valence-corrected chi connectivity index (χ0v) is 21.4. The van der Waals surface area contributed by atoms with Crippen LogP contribution in [0, 0.1) is 20.8 Å². The molecule has 0 radical (unpaired) electrons. The number of amides is 1. The molecule has 35 heavy (non-hydrogen) atoms. The summed E-state index contributed by atoms with van der Waals surface area (Å²) >= 11 is 0. The highest BCUT2D eigenvalue weighted by molar-refractivity contribution is 7.89. The number of anilines is 1. The van der Waals surface area contributed by atoms with Crippen molar-refractivity contribution in [3.8, 4) is 11.4 Å². The molecule has 3 aromatic rings. The monoisotopic (exact) mass is 497 g/mol. The standard InChI is InChI=1S/C25H31N5O4S/c1-17-9-11-22(18(2)15-17)30-27-19(3)24(28-30)25(31)26-21-16-20(10-12-23(21)34-4)35(32,33)29-13-7-5-6-8-14-29/h9-12,15-16H,5-8,13-14H2,1-4H3,(H,26,31). The molecule has 1 saturated heterocycles. The van der Waals surface area contributed by atoms with Crippen LogP contribution in [0.2, 0.25) is 0 Å². The van der Waals surface area contributed by atoms with E-state index in [-0.39, 0.29) is 16.3 Å². The predicted octanol–water partition coefficient (Wildman–Crippen LogP) is 4.02. The van der Waals surface area contributed by atoms with Gasteiger partial charge in [-0.1, -0.05) is 30.5 Å². The number of ether oxygens (including phenoxy) is 1. The third kappa shape index (κ3) is 5.23. The van der Waals surface area contributed by atoms with Gasteiger partial charge in [-0.3, -0.25) is 4.79 Å². The van der Waals surface area contributed by atoms with E-state index in [9.17, 15) is 13.2 Å². The molecule has 2 aromatic carbocycles. The van der Waals surface area contributed by atoms with E-state index in [1.54, 1.807) is 13.0 Å². The fraction of sp³-hybridized carbons (Fsp3) is 0.400. The van der Waals surface area contributed by atoms with Gasteiger partial charge in [-0.25, -0.2) is 8.42 Å². The fourth-order valence-electron chi connectivity index (χ4n) is 4.28. The number of carbonyl (C=O) groups excluding carboxylic acids is 1. The summed E-state index contributed by atoms with van der Waals surface area (Å²) < 4.78 is 33.4. The Kier molecular flexibility index (Phi) is 7.23. The van der Waals surface area contributed by atoms with E-state index >= 15 is 0 Å².